The quantitative estimate of drug-likeness (QED) is 0.296. The molecule has 7 heteroatoms. The molecule has 1 amide bonds. The summed E-state index contributed by atoms with van der Waals surface area (Å²) < 4.78 is 15.9. The molecule has 0 aliphatic heterocycles. The van der Waals surface area contributed by atoms with Crippen LogP contribution in [0.3, 0.4) is 0 Å². The monoisotopic (exact) mass is 454 g/mol. The van der Waals surface area contributed by atoms with Crippen LogP contribution in [0, 0.1) is 0 Å². The first kappa shape index (κ1) is 25.9. The number of carbonyl (C=O) groups is 2. The molecule has 178 valence electrons. The Balaban J connectivity index is 1.80. The van der Waals surface area contributed by atoms with Gasteiger partial charge >= 0.3 is 12.1 Å². The number of hydrogen-bond acceptors (Lipinski definition) is 6. The zero-order valence-corrected chi connectivity index (χ0v) is 19.9. The van der Waals surface area contributed by atoms with Gasteiger partial charge in [-0.25, -0.2) is 9.59 Å². The van der Waals surface area contributed by atoms with Crippen molar-refractivity contribution in [1.82, 2.24) is 5.32 Å². The predicted molar refractivity (Wildman–Crippen MR) is 129 cm³/mol. The third-order valence-corrected chi connectivity index (χ3v) is 4.58. The van der Waals surface area contributed by atoms with Crippen molar-refractivity contribution >= 4 is 18.3 Å². The molecule has 2 aromatic rings. The molecule has 0 aliphatic carbocycles. The first-order valence-electron chi connectivity index (χ1n) is 11.1. The van der Waals surface area contributed by atoms with Gasteiger partial charge in [-0.05, 0) is 75.4 Å². The number of carbonyl (C=O) groups excluding carboxylic acids is 2. The lowest BCUT2D eigenvalue weighted by Gasteiger charge is -2.22. The molecule has 1 atom stereocenters. The highest BCUT2D eigenvalue weighted by atomic mass is 16.6. The number of rotatable bonds is 11. The van der Waals surface area contributed by atoms with Crippen molar-refractivity contribution in [2.45, 2.75) is 58.3 Å². The first-order valence-corrected chi connectivity index (χ1v) is 11.1. The summed E-state index contributed by atoms with van der Waals surface area (Å²) >= 11 is 0. The van der Waals surface area contributed by atoms with Gasteiger partial charge in [0.15, 0.2) is 0 Å². The minimum atomic E-state index is -0.614. The van der Waals surface area contributed by atoms with Crippen LogP contribution in [-0.2, 0) is 20.9 Å². The van der Waals surface area contributed by atoms with Crippen molar-refractivity contribution in [3.05, 3.63) is 65.7 Å². The number of methoxy groups -OCH3 is 1. The third-order valence-electron chi connectivity index (χ3n) is 4.58. The number of unbranched alkanes of at least 4 members (excludes halogenated alkanes) is 1. The normalized spacial score (nSPS) is 12.2. The second-order valence-electron chi connectivity index (χ2n) is 8.58. The average Bonchev–Trinajstić information content (AvgIpc) is 2.79. The van der Waals surface area contributed by atoms with Crippen LogP contribution in [0.2, 0.25) is 0 Å². The number of aliphatic imine (C=N–C) groups is 1. The van der Waals surface area contributed by atoms with Gasteiger partial charge in [0.2, 0.25) is 0 Å². The summed E-state index contributed by atoms with van der Waals surface area (Å²) in [6.07, 6.45) is 3.12. The Kier molecular flexibility index (Phi) is 10.4. The summed E-state index contributed by atoms with van der Waals surface area (Å²) in [5.41, 5.74) is 1.21. The van der Waals surface area contributed by atoms with Gasteiger partial charge in [0.1, 0.15) is 24.0 Å². The van der Waals surface area contributed by atoms with E-state index in [4.69, 9.17) is 14.2 Å². The molecular weight excluding hydrogens is 420 g/mol. The Morgan fingerprint density at radius 3 is 2.36 bits per heavy atom. The number of esters is 1. The Bertz CT molecular complexity index is 889. The van der Waals surface area contributed by atoms with Gasteiger partial charge in [-0.3, -0.25) is 4.99 Å². The number of alkyl carbamates (subject to hydrolysis) is 1. The fourth-order valence-electron chi connectivity index (χ4n) is 2.92. The molecular formula is C26H34N2O5. The van der Waals surface area contributed by atoms with E-state index >= 15 is 0 Å². The standard InChI is InChI=1S/C26H34N2O5/c1-26(2,3)33-24(29)23(28-18-20-13-15-22(31-4)16-14-20)12-8-9-17-27-25(30)32-19-21-10-6-5-7-11-21/h5-7,10-11,13-16,18,23H,8-9,12,17,19H2,1-4H3,(H,27,30)/t23-/m0/s1. The number of ether oxygens (including phenoxy) is 3. The molecule has 0 aliphatic rings. The van der Waals surface area contributed by atoms with Gasteiger partial charge in [-0.1, -0.05) is 30.3 Å². The minimum absolute atomic E-state index is 0.230. The zero-order valence-electron chi connectivity index (χ0n) is 19.9. The van der Waals surface area contributed by atoms with Crippen LogP contribution in [0.4, 0.5) is 4.79 Å². The van der Waals surface area contributed by atoms with E-state index in [1.165, 1.54) is 0 Å². The molecule has 2 rings (SSSR count). The Labute approximate surface area is 196 Å². The average molecular weight is 455 g/mol. The fourth-order valence-corrected chi connectivity index (χ4v) is 2.92. The van der Waals surface area contributed by atoms with E-state index in [9.17, 15) is 9.59 Å². The van der Waals surface area contributed by atoms with Crippen molar-refractivity contribution in [2.24, 2.45) is 4.99 Å². The number of nitrogens with zero attached hydrogens (tertiary/aromatic N) is 1. The van der Waals surface area contributed by atoms with Gasteiger partial charge in [-0.2, -0.15) is 0 Å². The van der Waals surface area contributed by atoms with E-state index in [-0.39, 0.29) is 12.6 Å². The van der Waals surface area contributed by atoms with E-state index < -0.39 is 17.7 Å². The van der Waals surface area contributed by atoms with Crippen molar-refractivity contribution in [3.8, 4) is 5.75 Å². The van der Waals surface area contributed by atoms with Crippen molar-refractivity contribution in [1.29, 1.82) is 0 Å². The largest absolute Gasteiger partial charge is 0.497 e. The lowest BCUT2D eigenvalue weighted by molar-refractivity contribution is -0.156. The zero-order chi connectivity index (χ0) is 24.1. The Hall–Kier alpha value is -3.35. The molecule has 0 radical (unpaired) electrons. The molecule has 1 N–H and O–H groups in total. The molecule has 2 aromatic carbocycles. The smallest absolute Gasteiger partial charge is 0.407 e. The van der Waals surface area contributed by atoms with E-state index in [1.54, 1.807) is 13.3 Å². The van der Waals surface area contributed by atoms with E-state index in [0.29, 0.717) is 25.8 Å². The minimum Gasteiger partial charge on any atom is -0.497 e. The maximum atomic E-state index is 12.6. The maximum Gasteiger partial charge on any atom is 0.407 e. The second-order valence-corrected chi connectivity index (χ2v) is 8.58. The molecule has 7 nitrogen and oxygen atoms in total. The number of amides is 1. The molecule has 0 aromatic heterocycles. The summed E-state index contributed by atoms with van der Waals surface area (Å²) in [6, 6.07) is 16.3. The second kappa shape index (κ2) is 13.3. The molecule has 0 fully saturated rings. The van der Waals surface area contributed by atoms with E-state index in [2.05, 4.69) is 10.3 Å². The molecule has 0 saturated heterocycles. The van der Waals surface area contributed by atoms with Gasteiger partial charge < -0.3 is 19.5 Å². The van der Waals surface area contributed by atoms with Crippen LogP contribution in [-0.4, -0.2) is 43.6 Å². The summed E-state index contributed by atoms with van der Waals surface area (Å²) in [5.74, 6) is 0.396. The lowest BCUT2D eigenvalue weighted by atomic mass is 10.1. The van der Waals surface area contributed by atoms with E-state index in [0.717, 1.165) is 16.9 Å². The number of benzene rings is 2. The number of hydrogen-bond donors (Lipinski definition) is 1. The summed E-state index contributed by atoms with van der Waals surface area (Å²) in [4.78, 5) is 28.9. The highest BCUT2D eigenvalue weighted by Gasteiger charge is 2.24. The van der Waals surface area contributed by atoms with Crippen LogP contribution in [0.15, 0.2) is 59.6 Å². The lowest BCUT2D eigenvalue weighted by Crippen LogP contribution is -2.31. The van der Waals surface area contributed by atoms with Gasteiger partial charge in [0.25, 0.3) is 0 Å². The van der Waals surface area contributed by atoms with Crippen molar-refractivity contribution in [3.63, 3.8) is 0 Å². The van der Waals surface area contributed by atoms with Gasteiger partial charge in [0, 0.05) is 12.8 Å². The van der Waals surface area contributed by atoms with E-state index in [1.807, 2.05) is 75.4 Å². The van der Waals surface area contributed by atoms with Crippen LogP contribution in [0.1, 0.15) is 51.2 Å². The number of nitrogens with one attached hydrogen (secondary N) is 1. The highest BCUT2D eigenvalue weighted by Crippen LogP contribution is 2.15. The predicted octanol–water partition coefficient (Wildman–Crippen LogP) is 4.92. The molecule has 33 heavy (non-hydrogen) atoms. The summed E-state index contributed by atoms with van der Waals surface area (Å²) in [6.45, 7) is 6.19. The van der Waals surface area contributed by atoms with Gasteiger partial charge in [-0.15, -0.1) is 0 Å². The van der Waals surface area contributed by atoms with Crippen molar-refractivity contribution in [2.75, 3.05) is 13.7 Å². The summed E-state index contributed by atoms with van der Waals surface area (Å²) in [7, 11) is 1.61. The molecule has 0 heterocycles. The summed E-state index contributed by atoms with van der Waals surface area (Å²) in [5, 5.41) is 2.74. The topological polar surface area (TPSA) is 86.2 Å². The maximum absolute atomic E-state index is 12.6. The Morgan fingerprint density at radius 1 is 1.03 bits per heavy atom. The fraction of sp³-hybridized carbons (Fsp3) is 0.423. The van der Waals surface area contributed by atoms with Crippen LogP contribution in [0.25, 0.3) is 0 Å². The van der Waals surface area contributed by atoms with Crippen LogP contribution >= 0.6 is 0 Å². The molecule has 0 bridgehead atoms. The molecule has 0 spiro atoms. The molecule has 0 unspecified atom stereocenters. The van der Waals surface area contributed by atoms with Crippen molar-refractivity contribution < 1.29 is 23.8 Å². The van der Waals surface area contributed by atoms with Crippen LogP contribution in [0.5, 0.6) is 5.75 Å². The highest BCUT2D eigenvalue weighted by molar-refractivity contribution is 5.84. The first-order chi connectivity index (χ1) is 15.8. The van der Waals surface area contributed by atoms with Gasteiger partial charge in [0.05, 0.1) is 7.11 Å². The van der Waals surface area contributed by atoms with Crippen LogP contribution < -0.4 is 10.1 Å². The third kappa shape index (κ3) is 10.7. The molecule has 0 saturated carbocycles. The Morgan fingerprint density at radius 2 is 1.73 bits per heavy atom. The SMILES string of the molecule is COc1ccc(C=N[C@@H](CCCCNC(=O)OCc2ccccc2)C(=O)OC(C)(C)C)cc1.